The van der Waals surface area contributed by atoms with E-state index >= 15 is 0 Å². The van der Waals surface area contributed by atoms with Crippen molar-refractivity contribution in [2.24, 2.45) is 0 Å². The van der Waals surface area contributed by atoms with Crippen LogP contribution in [0, 0.1) is 0 Å². The molecule has 0 aliphatic rings. The van der Waals surface area contributed by atoms with Crippen molar-refractivity contribution < 1.29 is 15.1 Å². The molecule has 0 aliphatic carbocycles. The van der Waals surface area contributed by atoms with E-state index in [0.717, 1.165) is 0 Å². The van der Waals surface area contributed by atoms with Crippen molar-refractivity contribution in [1.29, 1.82) is 0 Å². The zero-order valence-electron chi connectivity index (χ0n) is 1.92. The summed E-state index contributed by atoms with van der Waals surface area (Å²) in [6, 6.07) is 0. The Balaban J connectivity index is -0.0000000150. The summed E-state index contributed by atoms with van der Waals surface area (Å²) in [4.78, 5) is 0. The van der Waals surface area contributed by atoms with Gasteiger partial charge in [-0.2, -0.15) is 0 Å². The van der Waals surface area contributed by atoms with E-state index in [0.29, 0.717) is 0 Å². The molecule has 7 heteroatoms. The molecular weight excluding hydrogens is 308 g/mol. The summed E-state index contributed by atoms with van der Waals surface area (Å²) in [5, 5.41) is 21.5. The van der Waals surface area contributed by atoms with Gasteiger partial charge in [0.2, 0.25) is 0 Å². The van der Waals surface area contributed by atoms with Crippen molar-refractivity contribution in [2.75, 3.05) is 0 Å². The summed E-state index contributed by atoms with van der Waals surface area (Å²) in [7, 11) is -2.17. The summed E-state index contributed by atoms with van der Waals surface area (Å²) in [6.07, 6.45) is 0. The molecule has 0 saturated carbocycles. The average Bonchev–Trinajstić information content (AvgIpc) is 0.811. The van der Waals surface area contributed by atoms with Crippen LogP contribution in [-0.2, 0) is 0 Å². The quantitative estimate of drug-likeness (QED) is 0.393. The molecule has 7 heavy (non-hydrogen) atoms. The first-order chi connectivity index (χ1) is 1.73. The van der Waals surface area contributed by atoms with E-state index in [1.54, 1.807) is 0 Å². The minimum atomic E-state index is -2.17. The number of rotatable bonds is 0. The molecule has 0 aliphatic heterocycles. The standard InChI is InChI=1S/BH3O3.Ba.Mg.Sr.6H/c2-1(3)4;;;;;;;;;/h2-4H;;;;;;;;;. The van der Waals surface area contributed by atoms with Crippen LogP contribution in [0.1, 0.15) is 0 Å². The van der Waals surface area contributed by atoms with Crippen LogP contribution in [0.25, 0.3) is 0 Å². The third-order valence-corrected chi connectivity index (χ3v) is 0. The molecular formula is H9BBaMgO3Sr. The first kappa shape index (κ1) is 22.4. The first-order valence-corrected chi connectivity index (χ1v) is 0.775. The van der Waals surface area contributed by atoms with Crippen molar-refractivity contribution >= 4 is 125 Å². The molecule has 0 amide bonds. The van der Waals surface area contributed by atoms with Crippen molar-refractivity contribution in [1.82, 2.24) is 0 Å². The summed E-state index contributed by atoms with van der Waals surface area (Å²) >= 11 is 0. The van der Waals surface area contributed by atoms with Crippen LogP contribution < -0.4 is 0 Å². The fraction of sp³-hybridized carbons (Fsp3) is 0. The van der Waals surface area contributed by atoms with Crippen LogP contribution in [0.2, 0.25) is 0 Å². The molecule has 0 aromatic rings. The van der Waals surface area contributed by atoms with Crippen LogP contribution in [-0.4, -0.2) is 140 Å². The van der Waals surface area contributed by atoms with Gasteiger partial charge in [0, 0.05) is 0 Å². The number of hydrogen-bond donors (Lipinski definition) is 3. The van der Waals surface area contributed by atoms with Crippen LogP contribution in [0.4, 0.5) is 0 Å². The fourth-order valence-electron chi connectivity index (χ4n) is 0. The Bertz CT molecular complexity index is 19.7. The Morgan fingerprint density at radius 2 is 1.00 bits per heavy atom. The topological polar surface area (TPSA) is 60.7 Å². The second-order valence-corrected chi connectivity index (χ2v) is 0.346. The summed E-state index contributed by atoms with van der Waals surface area (Å²) < 4.78 is 0. The van der Waals surface area contributed by atoms with Gasteiger partial charge < -0.3 is 15.1 Å². The molecule has 0 saturated heterocycles. The van der Waals surface area contributed by atoms with E-state index < -0.39 is 7.32 Å². The SMILES string of the molecule is OB(O)O.[BaH2].[MgH2].[SrH2]. The molecule has 36 valence electrons. The molecule has 0 unspecified atom stereocenters. The van der Waals surface area contributed by atoms with Crippen LogP contribution >= 0.6 is 0 Å². The van der Waals surface area contributed by atoms with Gasteiger partial charge in [0.25, 0.3) is 0 Å². The van der Waals surface area contributed by atoms with Gasteiger partial charge >= 0.3 is 125 Å². The first-order valence-electron chi connectivity index (χ1n) is 0.775. The number of hydrogen-bond acceptors (Lipinski definition) is 3. The van der Waals surface area contributed by atoms with Gasteiger partial charge in [0.1, 0.15) is 0 Å². The predicted octanol–water partition coefficient (Wildman–Crippen LogP) is -4.80. The molecule has 0 atom stereocenters. The Hall–Kier alpha value is 3.76. The van der Waals surface area contributed by atoms with Gasteiger partial charge in [-0.05, 0) is 0 Å². The van der Waals surface area contributed by atoms with Gasteiger partial charge in [-0.25, -0.2) is 0 Å². The Morgan fingerprint density at radius 1 is 1.00 bits per heavy atom. The minimum absolute atomic E-state index is 0. The Labute approximate surface area is 136 Å². The molecule has 3 N–H and O–H groups in total. The van der Waals surface area contributed by atoms with Gasteiger partial charge in [-0.3, -0.25) is 0 Å². The molecule has 0 aromatic carbocycles. The van der Waals surface area contributed by atoms with E-state index in [2.05, 4.69) is 0 Å². The third kappa shape index (κ3) is 41.5. The zero-order chi connectivity index (χ0) is 3.58. The monoisotopic (exact) mass is 318 g/mol. The molecule has 0 bridgehead atoms. The van der Waals surface area contributed by atoms with E-state index in [1.165, 1.54) is 0 Å². The Morgan fingerprint density at radius 3 is 1.00 bits per heavy atom. The van der Waals surface area contributed by atoms with E-state index in [-0.39, 0.29) is 117 Å². The van der Waals surface area contributed by atoms with E-state index in [4.69, 9.17) is 15.1 Å². The van der Waals surface area contributed by atoms with Crippen molar-refractivity contribution in [3.63, 3.8) is 0 Å². The van der Waals surface area contributed by atoms with Crippen molar-refractivity contribution in [2.45, 2.75) is 0 Å². The Kier molecular flexibility index (Phi) is 52.5. The fourth-order valence-corrected chi connectivity index (χ4v) is 0. The average molecular weight is 317 g/mol. The van der Waals surface area contributed by atoms with Crippen LogP contribution in [0.5, 0.6) is 0 Å². The normalized spacial score (nSPS) is 3.86. The van der Waals surface area contributed by atoms with Gasteiger partial charge in [0.15, 0.2) is 0 Å². The van der Waals surface area contributed by atoms with Crippen LogP contribution in [0.15, 0.2) is 0 Å². The van der Waals surface area contributed by atoms with Gasteiger partial charge in [0.05, 0.1) is 0 Å². The summed E-state index contributed by atoms with van der Waals surface area (Å²) in [5.41, 5.74) is 0. The molecule has 0 fully saturated rings. The van der Waals surface area contributed by atoms with E-state index in [9.17, 15) is 0 Å². The van der Waals surface area contributed by atoms with Crippen LogP contribution in [0.3, 0.4) is 0 Å². The molecule has 0 aromatic heterocycles. The summed E-state index contributed by atoms with van der Waals surface area (Å²) in [5.74, 6) is 0. The van der Waals surface area contributed by atoms with Gasteiger partial charge in [-0.1, -0.05) is 0 Å². The van der Waals surface area contributed by atoms with Crippen molar-refractivity contribution in [3.05, 3.63) is 0 Å². The maximum atomic E-state index is 7.17. The molecule has 0 radical (unpaired) electrons. The predicted molar refractivity (Wildman–Crippen MR) is 38.0 cm³/mol. The summed E-state index contributed by atoms with van der Waals surface area (Å²) in [6.45, 7) is 0. The second kappa shape index (κ2) is 16.4. The second-order valence-electron chi connectivity index (χ2n) is 0.346. The van der Waals surface area contributed by atoms with Gasteiger partial charge in [-0.15, -0.1) is 0 Å². The zero-order valence-corrected chi connectivity index (χ0v) is 1.92. The van der Waals surface area contributed by atoms with Crippen molar-refractivity contribution in [3.8, 4) is 0 Å². The third-order valence-electron chi connectivity index (χ3n) is 0. The maximum absolute atomic E-state index is 7.17. The molecule has 0 heterocycles. The van der Waals surface area contributed by atoms with E-state index in [1.807, 2.05) is 0 Å². The molecule has 3 nitrogen and oxygen atoms in total. The molecule has 0 spiro atoms. The molecule has 0 rings (SSSR count).